The summed E-state index contributed by atoms with van der Waals surface area (Å²) in [7, 11) is 0. The molecule has 3 nitrogen and oxygen atoms in total. The Labute approximate surface area is 65.4 Å². The van der Waals surface area contributed by atoms with Crippen molar-refractivity contribution < 1.29 is 9.59 Å². The Balaban J connectivity index is 2.15. The minimum absolute atomic E-state index is 0.126. The third-order valence-electron chi connectivity index (χ3n) is 2.75. The minimum Gasteiger partial charge on any atom is -0.339 e. The quantitative estimate of drug-likeness (QED) is 0.504. The first-order chi connectivity index (χ1) is 5.33. The van der Waals surface area contributed by atoms with Gasteiger partial charge in [0.1, 0.15) is 6.29 Å². The van der Waals surface area contributed by atoms with Gasteiger partial charge in [-0.25, -0.2) is 0 Å². The number of hydrogen-bond donors (Lipinski definition) is 0. The van der Waals surface area contributed by atoms with Crippen LogP contribution >= 0.6 is 0 Å². The highest BCUT2D eigenvalue weighted by atomic mass is 16.2. The van der Waals surface area contributed by atoms with Gasteiger partial charge in [-0.1, -0.05) is 0 Å². The van der Waals surface area contributed by atoms with Gasteiger partial charge in [-0.2, -0.15) is 0 Å². The van der Waals surface area contributed by atoms with Crippen LogP contribution in [0, 0.1) is 5.92 Å². The molecule has 0 N–H and O–H groups in total. The molecule has 2 aliphatic rings. The Kier molecular flexibility index (Phi) is 1.44. The largest absolute Gasteiger partial charge is 0.339 e. The molecule has 0 saturated carbocycles. The molecule has 0 bridgehead atoms. The number of aldehydes is 1. The van der Waals surface area contributed by atoms with Gasteiger partial charge in [-0.15, -0.1) is 0 Å². The highest BCUT2D eigenvalue weighted by molar-refractivity contribution is 5.80. The summed E-state index contributed by atoms with van der Waals surface area (Å²) in [5, 5.41) is 0. The van der Waals surface area contributed by atoms with Gasteiger partial charge in [0.15, 0.2) is 0 Å². The van der Waals surface area contributed by atoms with Gasteiger partial charge in [0.25, 0.3) is 0 Å². The topological polar surface area (TPSA) is 37.4 Å². The van der Waals surface area contributed by atoms with Crippen molar-refractivity contribution >= 4 is 12.2 Å². The lowest BCUT2D eigenvalue weighted by Gasteiger charge is -2.15. The van der Waals surface area contributed by atoms with Gasteiger partial charge in [0, 0.05) is 24.9 Å². The Morgan fingerprint density at radius 1 is 1.45 bits per heavy atom. The molecule has 2 atom stereocenters. The van der Waals surface area contributed by atoms with E-state index in [2.05, 4.69) is 0 Å². The summed E-state index contributed by atoms with van der Waals surface area (Å²) in [5.74, 6) is 0.362. The monoisotopic (exact) mass is 153 g/mol. The molecule has 60 valence electrons. The summed E-state index contributed by atoms with van der Waals surface area (Å²) >= 11 is 0. The lowest BCUT2D eigenvalue weighted by Crippen LogP contribution is -2.29. The van der Waals surface area contributed by atoms with Gasteiger partial charge < -0.3 is 9.69 Å². The SMILES string of the molecule is O=C[C@@H]1CCN2C(=O)CC[C@@H]12. The molecule has 0 unspecified atom stereocenters. The molecule has 1 amide bonds. The number of carbonyl (C=O) groups is 2. The van der Waals surface area contributed by atoms with Gasteiger partial charge in [-0.05, 0) is 12.8 Å². The van der Waals surface area contributed by atoms with Crippen LogP contribution in [0.15, 0.2) is 0 Å². The van der Waals surface area contributed by atoms with Crippen LogP contribution in [0.2, 0.25) is 0 Å². The molecule has 0 aromatic heterocycles. The molecule has 2 rings (SSSR count). The van der Waals surface area contributed by atoms with Crippen LogP contribution in [0.5, 0.6) is 0 Å². The Morgan fingerprint density at radius 3 is 3.00 bits per heavy atom. The molecule has 0 aliphatic carbocycles. The van der Waals surface area contributed by atoms with Crippen LogP contribution in [0.4, 0.5) is 0 Å². The predicted molar refractivity (Wildman–Crippen MR) is 38.9 cm³/mol. The molecule has 2 aliphatic heterocycles. The average molecular weight is 153 g/mol. The zero-order chi connectivity index (χ0) is 7.84. The highest BCUT2D eigenvalue weighted by Crippen LogP contribution is 2.31. The van der Waals surface area contributed by atoms with Crippen LogP contribution in [-0.4, -0.2) is 29.7 Å². The fourth-order valence-corrected chi connectivity index (χ4v) is 2.13. The Bertz CT molecular complexity index is 202. The number of fused-ring (bicyclic) bond motifs is 1. The fraction of sp³-hybridized carbons (Fsp3) is 0.750. The molecule has 3 heteroatoms. The van der Waals surface area contributed by atoms with Gasteiger partial charge in [0.05, 0.1) is 0 Å². The lowest BCUT2D eigenvalue weighted by molar-refractivity contribution is -0.128. The summed E-state index contributed by atoms with van der Waals surface area (Å²) in [6.07, 6.45) is 3.42. The number of carbonyl (C=O) groups excluding carboxylic acids is 2. The van der Waals surface area contributed by atoms with Gasteiger partial charge >= 0.3 is 0 Å². The molecular formula is C8H11NO2. The smallest absolute Gasteiger partial charge is 0.222 e. The van der Waals surface area contributed by atoms with Crippen molar-refractivity contribution in [3.05, 3.63) is 0 Å². The van der Waals surface area contributed by atoms with E-state index in [1.807, 2.05) is 4.90 Å². The van der Waals surface area contributed by atoms with Crippen LogP contribution in [0.3, 0.4) is 0 Å². The van der Waals surface area contributed by atoms with E-state index < -0.39 is 0 Å². The van der Waals surface area contributed by atoms with E-state index in [9.17, 15) is 9.59 Å². The summed E-state index contributed by atoms with van der Waals surface area (Å²) < 4.78 is 0. The molecule has 2 heterocycles. The lowest BCUT2D eigenvalue weighted by atomic mass is 10.0. The highest BCUT2D eigenvalue weighted by Gasteiger charge is 2.40. The average Bonchev–Trinajstić information content (AvgIpc) is 2.53. The van der Waals surface area contributed by atoms with E-state index in [0.717, 1.165) is 25.7 Å². The van der Waals surface area contributed by atoms with E-state index in [4.69, 9.17) is 0 Å². The summed E-state index contributed by atoms with van der Waals surface area (Å²) in [5.41, 5.74) is 0. The van der Waals surface area contributed by atoms with E-state index in [0.29, 0.717) is 6.42 Å². The minimum atomic E-state index is 0.126. The molecule has 0 aromatic carbocycles. The van der Waals surface area contributed by atoms with Crippen LogP contribution in [0.1, 0.15) is 19.3 Å². The second kappa shape index (κ2) is 2.32. The van der Waals surface area contributed by atoms with E-state index in [1.54, 1.807) is 0 Å². The zero-order valence-corrected chi connectivity index (χ0v) is 6.32. The number of hydrogen-bond acceptors (Lipinski definition) is 2. The molecule has 0 aromatic rings. The molecule has 2 saturated heterocycles. The van der Waals surface area contributed by atoms with E-state index >= 15 is 0 Å². The predicted octanol–water partition coefficient (Wildman–Crippen LogP) is 0.196. The maximum Gasteiger partial charge on any atom is 0.222 e. The molecule has 0 radical (unpaired) electrons. The molecule has 2 fully saturated rings. The van der Waals surface area contributed by atoms with Crippen molar-refractivity contribution in [1.82, 2.24) is 4.90 Å². The molecule has 0 spiro atoms. The fourth-order valence-electron chi connectivity index (χ4n) is 2.13. The van der Waals surface area contributed by atoms with Crippen molar-refractivity contribution in [1.29, 1.82) is 0 Å². The summed E-state index contributed by atoms with van der Waals surface area (Å²) in [6.45, 7) is 0.799. The first kappa shape index (κ1) is 6.83. The van der Waals surface area contributed by atoms with Crippen molar-refractivity contribution in [2.45, 2.75) is 25.3 Å². The van der Waals surface area contributed by atoms with Crippen molar-refractivity contribution in [3.8, 4) is 0 Å². The van der Waals surface area contributed by atoms with Crippen LogP contribution in [-0.2, 0) is 9.59 Å². The van der Waals surface area contributed by atoms with Gasteiger partial charge in [0.2, 0.25) is 5.91 Å². The summed E-state index contributed by atoms with van der Waals surface area (Å²) in [4.78, 5) is 23.5. The number of rotatable bonds is 1. The maximum absolute atomic E-state index is 11.1. The standard InChI is InChI=1S/C8H11NO2/c10-5-6-3-4-9-7(6)1-2-8(9)11/h5-7H,1-4H2/t6-,7-/m0/s1. The maximum atomic E-state index is 11.1. The third kappa shape index (κ3) is 0.870. The first-order valence-electron chi connectivity index (χ1n) is 4.07. The van der Waals surface area contributed by atoms with Crippen molar-refractivity contribution in [2.24, 2.45) is 5.92 Å². The number of nitrogens with zero attached hydrogens (tertiary/aromatic N) is 1. The second-order valence-corrected chi connectivity index (χ2v) is 3.28. The second-order valence-electron chi connectivity index (χ2n) is 3.28. The van der Waals surface area contributed by atoms with Crippen molar-refractivity contribution in [2.75, 3.05) is 6.54 Å². The summed E-state index contributed by atoms with van der Waals surface area (Å²) in [6, 6.07) is 0.250. The Hall–Kier alpha value is -0.860. The third-order valence-corrected chi connectivity index (χ3v) is 2.75. The zero-order valence-electron chi connectivity index (χ0n) is 6.32. The Morgan fingerprint density at radius 2 is 2.27 bits per heavy atom. The van der Waals surface area contributed by atoms with E-state index in [-0.39, 0.29) is 17.9 Å². The van der Waals surface area contributed by atoms with Crippen LogP contribution < -0.4 is 0 Å². The molecular weight excluding hydrogens is 142 g/mol. The van der Waals surface area contributed by atoms with Crippen LogP contribution in [0.25, 0.3) is 0 Å². The number of amides is 1. The van der Waals surface area contributed by atoms with Gasteiger partial charge in [-0.3, -0.25) is 4.79 Å². The molecule has 11 heavy (non-hydrogen) atoms. The van der Waals surface area contributed by atoms with E-state index in [1.165, 1.54) is 0 Å². The first-order valence-corrected chi connectivity index (χ1v) is 4.07. The normalized spacial score (nSPS) is 36.0. The van der Waals surface area contributed by atoms with Crippen molar-refractivity contribution in [3.63, 3.8) is 0 Å².